The highest BCUT2D eigenvalue weighted by molar-refractivity contribution is 7.15. The van der Waals surface area contributed by atoms with Gasteiger partial charge in [-0.15, -0.1) is 10.2 Å². The summed E-state index contributed by atoms with van der Waals surface area (Å²) in [5, 5.41) is 12.0. The van der Waals surface area contributed by atoms with Crippen LogP contribution < -0.4 is 5.32 Å². The molecule has 1 aliphatic rings. The van der Waals surface area contributed by atoms with Crippen LogP contribution in [0.1, 0.15) is 37.1 Å². The lowest BCUT2D eigenvalue weighted by molar-refractivity contribution is -0.117. The van der Waals surface area contributed by atoms with E-state index in [0.29, 0.717) is 17.5 Å². The third-order valence-corrected chi connectivity index (χ3v) is 3.48. The summed E-state index contributed by atoms with van der Waals surface area (Å²) in [6.07, 6.45) is 5.58. The van der Waals surface area contributed by atoms with Crippen LogP contribution in [-0.2, 0) is 4.79 Å². The lowest BCUT2D eigenvalue weighted by Crippen LogP contribution is -2.14. The Morgan fingerprint density at radius 2 is 2.20 bits per heavy atom. The van der Waals surface area contributed by atoms with E-state index in [9.17, 15) is 4.79 Å². The van der Waals surface area contributed by atoms with E-state index in [0.717, 1.165) is 5.01 Å². The molecule has 0 radical (unpaired) electrons. The molecule has 82 valence electrons. The average Bonchev–Trinajstić information content (AvgIpc) is 2.77. The van der Waals surface area contributed by atoms with Gasteiger partial charge in [0.15, 0.2) is 0 Å². The topological polar surface area (TPSA) is 54.9 Å². The number of carbonyl (C=O) groups is 1. The molecule has 1 aliphatic carbocycles. The number of rotatable bonds is 3. The highest BCUT2D eigenvalue weighted by atomic mass is 32.1. The first-order chi connectivity index (χ1) is 7.24. The number of amides is 1. The van der Waals surface area contributed by atoms with E-state index in [2.05, 4.69) is 15.5 Å². The molecule has 0 atom stereocenters. The number of nitrogens with zero attached hydrogens (tertiary/aromatic N) is 2. The molecule has 1 aromatic rings. The van der Waals surface area contributed by atoms with E-state index in [1.165, 1.54) is 37.0 Å². The van der Waals surface area contributed by atoms with Crippen LogP contribution in [0.4, 0.5) is 5.13 Å². The van der Waals surface area contributed by atoms with E-state index < -0.39 is 0 Å². The van der Waals surface area contributed by atoms with Crippen LogP contribution in [0.25, 0.3) is 0 Å². The second kappa shape index (κ2) is 4.70. The molecule has 1 saturated carbocycles. The molecule has 5 heteroatoms. The van der Waals surface area contributed by atoms with Gasteiger partial charge in [-0.2, -0.15) is 0 Å². The largest absolute Gasteiger partial charge is 0.301 e. The molecule has 0 saturated heterocycles. The summed E-state index contributed by atoms with van der Waals surface area (Å²) in [5.41, 5.74) is 0. The molecule has 1 heterocycles. The van der Waals surface area contributed by atoms with Crippen LogP contribution >= 0.6 is 11.3 Å². The number of hydrogen-bond acceptors (Lipinski definition) is 4. The molecule has 0 unspecified atom stereocenters. The minimum atomic E-state index is 0.0815. The summed E-state index contributed by atoms with van der Waals surface area (Å²) in [6.45, 7) is 1.88. The Kier molecular flexibility index (Phi) is 3.30. The Labute approximate surface area is 93.1 Å². The molecule has 1 aromatic heterocycles. The molecule has 15 heavy (non-hydrogen) atoms. The van der Waals surface area contributed by atoms with Gasteiger partial charge in [-0.3, -0.25) is 4.79 Å². The van der Waals surface area contributed by atoms with Crippen molar-refractivity contribution in [1.29, 1.82) is 0 Å². The average molecular weight is 225 g/mol. The Balaban J connectivity index is 1.81. The van der Waals surface area contributed by atoms with Crippen molar-refractivity contribution in [2.24, 2.45) is 5.92 Å². The van der Waals surface area contributed by atoms with Gasteiger partial charge in [0.1, 0.15) is 5.01 Å². The number of carbonyl (C=O) groups excluding carboxylic acids is 1. The van der Waals surface area contributed by atoms with Gasteiger partial charge in [0.2, 0.25) is 11.0 Å². The fourth-order valence-electron chi connectivity index (χ4n) is 1.99. The number of aromatic nitrogens is 2. The lowest BCUT2D eigenvalue weighted by Gasteiger charge is -2.06. The van der Waals surface area contributed by atoms with E-state index in [-0.39, 0.29) is 5.91 Å². The first-order valence-corrected chi connectivity index (χ1v) is 6.15. The monoisotopic (exact) mass is 225 g/mol. The first-order valence-electron chi connectivity index (χ1n) is 5.34. The Morgan fingerprint density at radius 1 is 1.47 bits per heavy atom. The van der Waals surface area contributed by atoms with Crippen LogP contribution in [0, 0.1) is 12.8 Å². The van der Waals surface area contributed by atoms with Crippen molar-refractivity contribution in [2.45, 2.75) is 39.0 Å². The predicted molar refractivity (Wildman–Crippen MR) is 59.9 cm³/mol. The fraction of sp³-hybridized carbons (Fsp3) is 0.700. The summed E-state index contributed by atoms with van der Waals surface area (Å²) < 4.78 is 0. The van der Waals surface area contributed by atoms with Crippen molar-refractivity contribution >= 4 is 22.4 Å². The lowest BCUT2D eigenvalue weighted by atomic mass is 10.0. The molecular formula is C10H15N3OS. The third-order valence-electron chi connectivity index (χ3n) is 2.72. The van der Waals surface area contributed by atoms with E-state index in [1.54, 1.807) is 0 Å². The van der Waals surface area contributed by atoms with Gasteiger partial charge in [-0.05, 0) is 25.7 Å². The van der Waals surface area contributed by atoms with Crippen LogP contribution in [0.5, 0.6) is 0 Å². The van der Waals surface area contributed by atoms with Gasteiger partial charge in [-0.1, -0.05) is 24.2 Å². The standard InChI is InChI=1S/C10H15N3OS/c1-7-12-13-10(15-7)11-9(14)6-8-4-2-3-5-8/h8H,2-6H2,1H3,(H,11,13,14). The first kappa shape index (κ1) is 10.5. The van der Waals surface area contributed by atoms with Gasteiger partial charge in [0.05, 0.1) is 0 Å². The quantitative estimate of drug-likeness (QED) is 0.859. The number of hydrogen-bond donors (Lipinski definition) is 1. The number of anilines is 1. The number of nitrogens with one attached hydrogen (secondary N) is 1. The summed E-state index contributed by atoms with van der Waals surface area (Å²) in [4.78, 5) is 11.6. The maximum Gasteiger partial charge on any atom is 0.226 e. The second-order valence-electron chi connectivity index (χ2n) is 4.03. The zero-order chi connectivity index (χ0) is 10.7. The highest BCUT2D eigenvalue weighted by Crippen LogP contribution is 2.27. The van der Waals surface area contributed by atoms with E-state index in [4.69, 9.17) is 0 Å². The summed E-state index contributed by atoms with van der Waals surface area (Å²) >= 11 is 1.42. The molecule has 0 spiro atoms. The molecular weight excluding hydrogens is 210 g/mol. The van der Waals surface area contributed by atoms with Gasteiger partial charge in [0.25, 0.3) is 0 Å². The highest BCUT2D eigenvalue weighted by Gasteiger charge is 2.18. The van der Waals surface area contributed by atoms with Crippen LogP contribution in [0.15, 0.2) is 0 Å². The Morgan fingerprint density at radius 3 is 2.80 bits per heavy atom. The Hall–Kier alpha value is -0.970. The normalized spacial score (nSPS) is 16.9. The smallest absolute Gasteiger partial charge is 0.226 e. The van der Waals surface area contributed by atoms with Crippen molar-refractivity contribution in [1.82, 2.24) is 10.2 Å². The summed E-state index contributed by atoms with van der Waals surface area (Å²) in [5.74, 6) is 0.664. The van der Waals surface area contributed by atoms with Gasteiger partial charge in [0, 0.05) is 6.42 Å². The minimum absolute atomic E-state index is 0.0815. The van der Waals surface area contributed by atoms with Crippen molar-refractivity contribution in [2.75, 3.05) is 5.32 Å². The molecule has 1 amide bonds. The van der Waals surface area contributed by atoms with Crippen molar-refractivity contribution < 1.29 is 4.79 Å². The molecule has 2 rings (SSSR count). The zero-order valence-corrected chi connectivity index (χ0v) is 9.64. The van der Waals surface area contributed by atoms with Crippen LogP contribution in [-0.4, -0.2) is 16.1 Å². The molecule has 0 aromatic carbocycles. The van der Waals surface area contributed by atoms with Gasteiger partial charge >= 0.3 is 0 Å². The molecule has 0 bridgehead atoms. The third kappa shape index (κ3) is 2.99. The van der Waals surface area contributed by atoms with Crippen molar-refractivity contribution in [3.05, 3.63) is 5.01 Å². The van der Waals surface area contributed by atoms with Crippen molar-refractivity contribution in [3.8, 4) is 0 Å². The van der Waals surface area contributed by atoms with Crippen LogP contribution in [0.2, 0.25) is 0 Å². The second-order valence-corrected chi connectivity index (χ2v) is 5.21. The van der Waals surface area contributed by atoms with Gasteiger partial charge < -0.3 is 5.32 Å². The molecule has 1 fully saturated rings. The fourth-order valence-corrected chi connectivity index (χ4v) is 2.60. The minimum Gasteiger partial charge on any atom is -0.301 e. The van der Waals surface area contributed by atoms with E-state index in [1.807, 2.05) is 6.92 Å². The zero-order valence-electron chi connectivity index (χ0n) is 8.82. The summed E-state index contributed by atoms with van der Waals surface area (Å²) in [6, 6.07) is 0. The Bertz CT molecular complexity index is 344. The van der Waals surface area contributed by atoms with Gasteiger partial charge in [-0.25, -0.2) is 0 Å². The maximum absolute atomic E-state index is 11.6. The molecule has 0 aliphatic heterocycles. The molecule has 4 nitrogen and oxygen atoms in total. The van der Waals surface area contributed by atoms with Crippen molar-refractivity contribution in [3.63, 3.8) is 0 Å². The number of aryl methyl sites for hydroxylation is 1. The SMILES string of the molecule is Cc1nnc(NC(=O)CC2CCCC2)s1. The molecule has 1 N–H and O–H groups in total. The van der Waals surface area contributed by atoms with Crippen LogP contribution in [0.3, 0.4) is 0 Å². The van der Waals surface area contributed by atoms with E-state index >= 15 is 0 Å². The maximum atomic E-state index is 11.6. The predicted octanol–water partition coefficient (Wildman–Crippen LogP) is 2.37. The summed E-state index contributed by atoms with van der Waals surface area (Å²) in [7, 11) is 0.